The van der Waals surface area contributed by atoms with E-state index in [1.165, 1.54) is 12.1 Å². The van der Waals surface area contributed by atoms with Gasteiger partial charge in [-0.15, -0.1) is 24.5 Å². The first kappa shape index (κ1) is 16.7. The molecule has 2 heterocycles. The third-order valence-corrected chi connectivity index (χ3v) is 4.29. The molecule has 1 aromatic carbocycles. The number of hydrogen-bond donors (Lipinski definition) is 1. The number of thiophene rings is 1. The van der Waals surface area contributed by atoms with Crippen LogP contribution >= 0.6 is 11.3 Å². The lowest BCUT2D eigenvalue weighted by Crippen LogP contribution is -2.40. The molecule has 2 aromatic rings. The Balaban J connectivity index is 2.04. The molecule has 0 fully saturated rings. The number of nitrogens with zero attached hydrogens (tertiary/aromatic N) is 1. The highest BCUT2D eigenvalue weighted by Crippen LogP contribution is 2.45. The molecule has 10 heteroatoms. The fourth-order valence-corrected chi connectivity index (χ4v) is 3.06. The monoisotopic (exact) mass is 366 g/mol. The Bertz CT molecular complexity index is 766. The van der Waals surface area contributed by atoms with E-state index < -0.39 is 17.4 Å². The first-order valence-electron chi connectivity index (χ1n) is 6.43. The van der Waals surface area contributed by atoms with Crippen LogP contribution in [0.25, 0.3) is 16.9 Å². The molecule has 0 saturated heterocycles. The van der Waals surface area contributed by atoms with E-state index in [1.54, 1.807) is 23.8 Å². The minimum Gasteiger partial charge on any atom is -0.386 e. The second-order valence-electron chi connectivity index (χ2n) is 4.74. The van der Waals surface area contributed by atoms with E-state index in [1.807, 2.05) is 0 Å². The minimum absolute atomic E-state index is 0.0690. The molecule has 128 valence electrons. The number of nitrogens with one attached hydrogen (secondary N) is 1. The second kappa shape index (κ2) is 5.71. The zero-order valence-electron chi connectivity index (χ0n) is 11.6. The molecule has 1 N–H and O–H groups in total. The van der Waals surface area contributed by atoms with Crippen molar-refractivity contribution in [3.63, 3.8) is 0 Å². The van der Waals surface area contributed by atoms with Crippen molar-refractivity contribution in [3.8, 4) is 11.1 Å². The van der Waals surface area contributed by atoms with Crippen LogP contribution in [0, 0.1) is 0 Å². The molecule has 3 rings (SSSR count). The first-order valence-corrected chi connectivity index (χ1v) is 7.25. The average Bonchev–Trinajstić information content (AvgIpc) is 3.14. The number of hydrazine groups is 1. The highest BCUT2D eigenvalue weighted by atomic mass is 32.1. The number of halogens is 6. The van der Waals surface area contributed by atoms with E-state index in [9.17, 15) is 26.3 Å². The number of benzene rings is 1. The van der Waals surface area contributed by atoms with Crippen molar-refractivity contribution in [3.05, 3.63) is 52.4 Å². The van der Waals surface area contributed by atoms with Crippen molar-refractivity contribution in [2.24, 2.45) is 0 Å². The molecule has 1 aliphatic heterocycles. The zero-order valence-corrected chi connectivity index (χ0v) is 12.4. The molecule has 24 heavy (non-hydrogen) atoms. The third kappa shape index (κ3) is 3.20. The molecule has 0 amide bonds. The fourth-order valence-electron chi connectivity index (χ4n) is 2.06. The van der Waals surface area contributed by atoms with Gasteiger partial charge in [-0.05, 0) is 11.6 Å². The summed E-state index contributed by atoms with van der Waals surface area (Å²) in [5.41, 5.74) is 1.79. The summed E-state index contributed by atoms with van der Waals surface area (Å²) in [5.74, 6) is -0.343. The zero-order chi connectivity index (χ0) is 17.5. The van der Waals surface area contributed by atoms with Crippen LogP contribution in [-0.2, 0) is 11.0 Å². The molecule has 1 aliphatic rings. The molecule has 0 unspecified atom stereocenters. The maximum absolute atomic E-state index is 13.2. The highest BCUT2D eigenvalue weighted by molar-refractivity contribution is 7.13. The van der Waals surface area contributed by atoms with Gasteiger partial charge in [0.2, 0.25) is 0 Å². The van der Waals surface area contributed by atoms with Crippen LogP contribution in [0.1, 0.15) is 9.75 Å². The SMILES string of the molecule is FC(F)(F)c1sc(C2=CN(C(F)(F)F)NO2)cc1-c1ccccc1. The van der Waals surface area contributed by atoms with Crippen LogP contribution in [0.3, 0.4) is 0 Å². The van der Waals surface area contributed by atoms with Gasteiger partial charge in [-0.3, -0.25) is 0 Å². The van der Waals surface area contributed by atoms with Gasteiger partial charge < -0.3 is 4.84 Å². The highest BCUT2D eigenvalue weighted by Gasteiger charge is 2.41. The van der Waals surface area contributed by atoms with Gasteiger partial charge in [0.25, 0.3) is 0 Å². The standard InChI is InChI=1S/C14H8F6N2OS/c15-13(16,17)12-9(8-4-2-1-3-5-8)6-11(24-12)10-7-22(21-23-10)14(18,19)20/h1-7,21H. The summed E-state index contributed by atoms with van der Waals surface area (Å²) in [6.45, 7) is 0. The van der Waals surface area contributed by atoms with Crippen molar-refractivity contribution >= 4 is 17.1 Å². The average molecular weight is 366 g/mol. The Kier molecular flexibility index (Phi) is 3.96. The molecule has 0 spiro atoms. The number of hydrogen-bond acceptors (Lipinski definition) is 4. The Morgan fingerprint density at radius 3 is 2.21 bits per heavy atom. The molecule has 0 bridgehead atoms. The maximum Gasteiger partial charge on any atom is 0.501 e. The Hall–Kier alpha value is -2.20. The van der Waals surface area contributed by atoms with Crippen LogP contribution in [-0.4, -0.2) is 11.3 Å². The molecule has 0 saturated carbocycles. The van der Waals surface area contributed by atoms with Crippen LogP contribution < -0.4 is 5.59 Å². The van der Waals surface area contributed by atoms with E-state index in [4.69, 9.17) is 0 Å². The summed E-state index contributed by atoms with van der Waals surface area (Å²) >= 11 is 0.319. The predicted molar refractivity (Wildman–Crippen MR) is 74.8 cm³/mol. The van der Waals surface area contributed by atoms with E-state index in [0.29, 0.717) is 23.1 Å². The van der Waals surface area contributed by atoms with Gasteiger partial charge in [-0.2, -0.15) is 18.2 Å². The van der Waals surface area contributed by atoms with Gasteiger partial charge in [0.05, 0.1) is 11.1 Å². The maximum atomic E-state index is 13.2. The lowest BCUT2D eigenvalue weighted by Gasteiger charge is -2.15. The predicted octanol–water partition coefficient (Wildman–Crippen LogP) is 5.00. The van der Waals surface area contributed by atoms with Crippen LogP contribution in [0.4, 0.5) is 26.3 Å². The topological polar surface area (TPSA) is 24.5 Å². The fraction of sp³-hybridized carbons (Fsp3) is 0.143. The Labute approximate surface area is 135 Å². The van der Waals surface area contributed by atoms with Gasteiger partial charge in [-0.1, -0.05) is 35.9 Å². The second-order valence-corrected chi connectivity index (χ2v) is 5.79. The molecule has 0 aliphatic carbocycles. The summed E-state index contributed by atoms with van der Waals surface area (Å²) in [6, 6.07) is 8.95. The lowest BCUT2D eigenvalue weighted by atomic mass is 10.1. The van der Waals surface area contributed by atoms with Crippen LogP contribution in [0.15, 0.2) is 42.6 Å². The van der Waals surface area contributed by atoms with Crippen molar-refractivity contribution in [2.45, 2.75) is 12.5 Å². The summed E-state index contributed by atoms with van der Waals surface area (Å²) in [6.07, 6.45) is -8.83. The molecule has 1 aromatic heterocycles. The van der Waals surface area contributed by atoms with Crippen molar-refractivity contribution in [2.75, 3.05) is 0 Å². The molecular weight excluding hydrogens is 358 g/mol. The first-order chi connectivity index (χ1) is 11.2. The molecule has 0 radical (unpaired) electrons. The molecule has 0 atom stereocenters. The summed E-state index contributed by atoms with van der Waals surface area (Å²) in [5, 5.41) is -0.280. The van der Waals surface area contributed by atoms with Crippen LogP contribution in [0.2, 0.25) is 0 Å². The van der Waals surface area contributed by atoms with Gasteiger partial charge in [0.15, 0.2) is 5.76 Å². The summed E-state index contributed by atoms with van der Waals surface area (Å²) in [4.78, 5) is 3.68. The molecule has 3 nitrogen and oxygen atoms in total. The quantitative estimate of drug-likeness (QED) is 0.598. The number of rotatable bonds is 2. The summed E-state index contributed by atoms with van der Waals surface area (Å²) in [7, 11) is 0. The van der Waals surface area contributed by atoms with Crippen molar-refractivity contribution in [1.82, 2.24) is 10.6 Å². The number of alkyl halides is 6. The van der Waals surface area contributed by atoms with E-state index >= 15 is 0 Å². The smallest absolute Gasteiger partial charge is 0.386 e. The van der Waals surface area contributed by atoms with E-state index in [2.05, 4.69) is 4.84 Å². The van der Waals surface area contributed by atoms with Crippen LogP contribution in [0.5, 0.6) is 0 Å². The lowest BCUT2D eigenvalue weighted by molar-refractivity contribution is -0.264. The van der Waals surface area contributed by atoms with Gasteiger partial charge in [-0.25, -0.2) is 0 Å². The van der Waals surface area contributed by atoms with Gasteiger partial charge in [0.1, 0.15) is 4.88 Å². The normalized spacial score (nSPS) is 15.4. The Morgan fingerprint density at radius 1 is 1.00 bits per heavy atom. The van der Waals surface area contributed by atoms with Gasteiger partial charge in [0, 0.05) is 5.56 Å². The van der Waals surface area contributed by atoms with Gasteiger partial charge >= 0.3 is 12.5 Å². The van der Waals surface area contributed by atoms with E-state index in [0.717, 1.165) is 6.07 Å². The van der Waals surface area contributed by atoms with E-state index in [-0.39, 0.29) is 21.2 Å². The Morgan fingerprint density at radius 2 is 1.67 bits per heavy atom. The summed E-state index contributed by atoms with van der Waals surface area (Å²) < 4.78 is 77.4. The third-order valence-electron chi connectivity index (χ3n) is 3.09. The van der Waals surface area contributed by atoms with Crippen molar-refractivity contribution < 1.29 is 31.2 Å². The van der Waals surface area contributed by atoms with Crippen molar-refractivity contribution in [1.29, 1.82) is 0 Å². The minimum atomic E-state index is -4.76. The molecular formula is C14H8F6N2OS. The largest absolute Gasteiger partial charge is 0.501 e.